The number of nitrogens with two attached hydrogens (primary N) is 1. The van der Waals surface area contributed by atoms with Gasteiger partial charge in [-0.3, -0.25) is 14.9 Å². The van der Waals surface area contributed by atoms with Crippen LogP contribution in [0.2, 0.25) is 0 Å². The Hall–Kier alpha value is -3.40. The van der Waals surface area contributed by atoms with Crippen LogP contribution in [0.3, 0.4) is 0 Å². The van der Waals surface area contributed by atoms with Crippen molar-refractivity contribution < 1.29 is 4.79 Å². The highest BCUT2D eigenvalue weighted by Gasteiger charge is 2.13. The van der Waals surface area contributed by atoms with E-state index in [0.717, 1.165) is 11.4 Å². The molecule has 3 rings (SSSR count). The van der Waals surface area contributed by atoms with Gasteiger partial charge in [-0.1, -0.05) is 0 Å². The molecule has 23 heavy (non-hydrogen) atoms. The van der Waals surface area contributed by atoms with E-state index in [-0.39, 0.29) is 5.69 Å². The number of hydrogen-bond acceptors (Lipinski definition) is 5. The van der Waals surface area contributed by atoms with E-state index in [4.69, 9.17) is 5.73 Å². The summed E-state index contributed by atoms with van der Waals surface area (Å²) in [6, 6.07) is 9.36. The van der Waals surface area contributed by atoms with Crippen LogP contribution in [-0.4, -0.2) is 21.1 Å². The molecule has 0 bridgehead atoms. The first-order chi connectivity index (χ1) is 11.0. The Morgan fingerprint density at radius 2 is 2.13 bits per heavy atom. The molecule has 0 atom stereocenters. The summed E-state index contributed by atoms with van der Waals surface area (Å²) >= 11 is 0. The number of hydrogen-bond donors (Lipinski definition) is 3. The van der Waals surface area contributed by atoms with Crippen molar-refractivity contribution in [2.75, 3.05) is 5.32 Å². The van der Waals surface area contributed by atoms with Crippen molar-refractivity contribution in [3.05, 3.63) is 46.9 Å². The van der Waals surface area contributed by atoms with Crippen molar-refractivity contribution in [1.29, 1.82) is 5.26 Å². The SMILES string of the molecule is Cc1cc(Nc2ccc3[nH]nc(C(N)=O)c3c2)c(C#N)c(C)n1. The van der Waals surface area contributed by atoms with E-state index in [0.29, 0.717) is 27.8 Å². The number of nitrogens with one attached hydrogen (secondary N) is 2. The highest BCUT2D eigenvalue weighted by molar-refractivity contribution is 6.04. The molecule has 2 heterocycles. The summed E-state index contributed by atoms with van der Waals surface area (Å²) in [5.74, 6) is -0.596. The van der Waals surface area contributed by atoms with E-state index in [9.17, 15) is 10.1 Å². The molecule has 0 saturated heterocycles. The molecular weight excluding hydrogens is 292 g/mol. The zero-order chi connectivity index (χ0) is 16.6. The minimum absolute atomic E-state index is 0.186. The van der Waals surface area contributed by atoms with Gasteiger partial charge in [0.25, 0.3) is 5.91 Å². The van der Waals surface area contributed by atoms with E-state index in [1.54, 1.807) is 25.1 Å². The Morgan fingerprint density at radius 1 is 1.35 bits per heavy atom. The standard InChI is InChI=1S/C16H14N6O/c1-8-5-14(12(7-17)9(2)19-8)20-10-3-4-13-11(6-10)15(16(18)23)22-21-13/h3-6H,1-2H3,(H2,18,23)(H,19,20)(H,21,22). The summed E-state index contributed by atoms with van der Waals surface area (Å²) < 4.78 is 0. The fraction of sp³-hybridized carbons (Fsp3) is 0.125. The molecule has 0 spiro atoms. The smallest absolute Gasteiger partial charge is 0.269 e. The summed E-state index contributed by atoms with van der Waals surface area (Å²) in [6.45, 7) is 3.66. The van der Waals surface area contributed by atoms with Gasteiger partial charge in [-0.2, -0.15) is 10.4 Å². The summed E-state index contributed by atoms with van der Waals surface area (Å²) in [5.41, 5.74) is 9.57. The molecule has 0 fully saturated rings. The van der Waals surface area contributed by atoms with E-state index in [1.165, 1.54) is 0 Å². The molecule has 7 nitrogen and oxygen atoms in total. The number of carbonyl (C=O) groups is 1. The number of benzene rings is 1. The quantitative estimate of drug-likeness (QED) is 0.685. The molecule has 1 amide bonds. The van der Waals surface area contributed by atoms with Crippen LogP contribution in [0.25, 0.3) is 10.9 Å². The second kappa shape index (κ2) is 5.42. The zero-order valence-electron chi connectivity index (χ0n) is 12.6. The number of amides is 1. The van der Waals surface area contributed by atoms with Crippen molar-refractivity contribution in [1.82, 2.24) is 15.2 Å². The largest absolute Gasteiger partial charge is 0.364 e. The summed E-state index contributed by atoms with van der Waals surface area (Å²) in [4.78, 5) is 15.7. The number of aromatic nitrogens is 3. The molecule has 0 aliphatic carbocycles. The Morgan fingerprint density at radius 3 is 2.83 bits per heavy atom. The molecule has 2 aromatic heterocycles. The molecule has 0 saturated carbocycles. The molecule has 1 aromatic carbocycles. The van der Waals surface area contributed by atoms with E-state index < -0.39 is 5.91 Å². The van der Waals surface area contributed by atoms with Gasteiger partial charge >= 0.3 is 0 Å². The first kappa shape index (κ1) is 14.5. The van der Waals surface area contributed by atoms with Gasteiger partial charge in [-0.25, -0.2) is 0 Å². The number of aryl methyl sites for hydroxylation is 2. The number of anilines is 2. The first-order valence-electron chi connectivity index (χ1n) is 6.93. The number of pyridine rings is 1. The number of fused-ring (bicyclic) bond motifs is 1. The lowest BCUT2D eigenvalue weighted by Gasteiger charge is -2.11. The topological polar surface area (TPSA) is 120 Å². The predicted molar refractivity (Wildman–Crippen MR) is 86.3 cm³/mol. The number of primary amides is 1. The summed E-state index contributed by atoms with van der Waals surface area (Å²) in [6.07, 6.45) is 0. The van der Waals surface area contributed by atoms with Crippen molar-refractivity contribution in [2.24, 2.45) is 5.73 Å². The first-order valence-corrected chi connectivity index (χ1v) is 6.93. The molecule has 114 valence electrons. The van der Waals surface area contributed by atoms with E-state index >= 15 is 0 Å². The van der Waals surface area contributed by atoms with Crippen molar-refractivity contribution in [3.63, 3.8) is 0 Å². The minimum Gasteiger partial charge on any atom is -0.364 e. The van der Waals surface area contributed by atoms with Crippen LogP contribution in [0.15, 0.2) is 24.3 Å². The van der Waals surface area contributed by atoms with Crippen LogP contribution < -0.4 is 11.1 Å². The number of nitriles is 1. The maximum absolute atomic E-state index is 11.4. The lowest BCUT2D eigenvalue weighted by molar-refractivity contribution is 0.0997. The Bertz CT molecular complexity index is 967. The van der Waals surface area contributed by atoms with Gasteiger partial charge in [0.15, 0.2) is 5.69 Å². The Kier molecular flexibility index (Phi) is 3.43. The Labute approximate surface area is 132 Å². The normalized spacial score (nSPS) is 10.5. The van der Waals surface area contributed by atoms with Crippen molar-refractivity contribution >= 4 is 28.2 Å². The number of nitrogens with zero attached hydrogens (tertiary/aromatic N) is 3. The molecule has 4 N–H and O–H groups in total. The molecule has 7 heteroatoms. The number of rotatable bonds is 3. The van der Waals surface area contributed by atoms with Crippen LogP contribution in [-0.2, 0) is 0 Å². The van der Waals surface area contributed by atoms with E-state index in [2.05, 4.69) is 26.6 Å². The lowest BCUT2D eigenvalue weighted by atomic mass is 10.1. The van der Waals surface area contributed by atoms with Crippen LogP contribution in [0.5, 0.6) is 0 Å². The number of H-pyrrole nitrogens is 1. The van der Waals surface area contributed by atoms with Crippen molar-refractivity contribution in [2.45, 2.75) is 13.8 Å². The molecule has 0 radical (unpaired) electrons. The third-order valence-corrected chi connectivity index (χ3v) is 3.52. The number of carbonyl (C=O) groups excluding carboxylic acids is 1. The average Bonchev–Trinajstić information content (AvgIpc) is 2.90. The maximum Gasteiger partial charge on any atom is 0.269 e. The molecular formula is C16H14N6O. The highest BCUT2D eigenvalue weighted by atomic mass is 16.1. The molecule has 3 aromatic rings. The average molecular weight is 306 g/mol. The molecule has 0 aliphatic rings. The van der Waals surface area contributed by atoms with Crippen LogP contribution in [0, 0.1) is 25.2 Å². The van der Waals surface area contributed by atoms with Gasteiger partial charge in [0.2, 0.25) is 0 Å². The summed E-state index contributed by atoms with van der Waals surface area (Å²) in [5, 5.41) is 19.8. The monoisotopic (exact) mass is 306 g/mol. The van der Waals surface area contributed by atoms with Crippen LogP contribution in [0.1, 0.15) is 27.4 Å². The molecule has 0 unspecified atom stereocenters. The minimum atomic E-state index is -0.596. The van der Waals surface area contributed by atoms with Gasteiger partial charge in [-0.15, -0.1) is 0 Å². The second-order valence-corrected chi connectivity index (χ2v) is 5.21. The molecule has 0 aliphatic heterocycles. The fourth-order valence-electron chi connectivity index (χ4n) is 2.50. The van der Waals surface area contributed by atoms with Gasteiger partial charge in [0.05, 0.1) is 22.5 Å². The van der Waals surface area contributed by atoms with Gasteiger partial charge in [0.1, 0.15) is 6.07 Å². The maximum atomic E-state index is 11.4. The van der Waals surface area contributed by atoms with Gasteiger partial charge < -0.3 is 11.1 Å². The van der Waals surface area contributed by atoms with Gasteiger partial charge in [-0.05, 0) is 38.1 Å². The Balaban J connectivity index is 2.07. The summed E-state index contributed by atoms with van der Waals surface area (Å²) in [7, 11) is 0. The predicted octanol–water partition coefficient (Wildman–Crippen LogP) is 2.29. The van der Waals surface area contributed by atoms with Crippen LogP contribution in [0.4, 0.5) is 11.4 Å². The third kappa shape index (κ3) is 2.58. The lowest BCUT2D eigenvalue weighted by Crippen LogP contribution is -2.11. The zero-order valence-corrected chi connectivity index (χ0v) is 12.6. The fourth-order valence-corrected chi connectivity index (χ4v) is 2.50. The third-order valence-electron chi connectivity index (χ3n) is 3.52. The van der Waals surface area contributed by atoms with Crippen LogP contribution >= 0.6 is 0 Å². The van der Waals surface area contributed by atoms with Crippen molar-refractivity contribution in [3.8, 4) is 6.07 Å². The second-order valence-electron chi connectivity index (χ2n) is 5.21. The number of aromatic amines is 1. The van der Waals surface area contributed by atoms with Gasteiger partial charge in [0, 0.05) is 16.8 Å². The van der Waals surface area contributed by atoms with E-state index in [1.807, 2.05) is 13.0 Å². The highest BCUT2D eigenvalue weighted by Crippen LogP contribution is 2.26.